The zero-order valence-electron chi connectivity index (χ0n) is 13.5. The Morgan fingerprint density at radius 2 is 2.00 bits per heavy atom. The highest BCUT2D eigenvalue weighted by Crippen LogP contribution is 2.28. The number of benzene rings is 1. The van der Waals surface area contributed by atoms with Gasteiger partial charge in [0.25, 0.3) is 11.5 Å². The predicted octanol–water partition coefficient (Wildman–Crippen LogP) is 1.86. The van der Waals surface area contributed by atoms with Gasteiger partial charge in [0.1, 0.15) is 5.56 Å². The van der Waals surface area contributed by atoms with Crippen LogP contribution in [0.4, 0.5) is 0 Å². The molecule has 2 amide bonds. The van der Waals surface area contributed by atoms with Crippen molar-refractivity contribution in [3.05, 3.63) is 68.1 Å². The van der Waals surface area contributed by atoms with Crippen LogP contribution in [0.25, 0.3) is 0 Å². The van der Waals surface area contributed by atoms with E-state index in [0.717, 1.165) is 29.7 Å². The molecular weight excluding hydrogens is 342 g/mol. The first kappa shape index (κ1) is 17.2. The molecule has 1 aromatic carbocycles. The largest absolute Gasteiger partial charge is 0.365 e. The van der Waals surface area contributed by atoms with Crippen molar-refractivity contribution < 1.29 is 9.59 Å². The molecule has 0 saturated heterocycles. The van der Waals surface area contributed by atoms with Crippen molar-refractivity contribution >= 4 is 23.4 Å². The molecule has 0 fully saturated rings. The predicted molar refractivity (Wildman–Crippen MR) is 94.6 cm³/mol. The lowest BCUT2D eigenvalue weighted by Gasteiger charge is -2.26. The number of carbonyl (C=O) groups is 2. The SMILES string of the molecule is NC(=O)c1cc2c([nH]c1=O)CCCC2NC(=O)Cc1ccc(Cl)cc1. The van der Waals surface area contributed by atoms with Gasteiger partial charge in [-0.3, -0.25) is 14.4 Å². The average Bonchev–Trinajstić information content (AvgIpc) is 2.56. The number of primary amides is 1. The van der Waals surface area contributed by atoms with Crippen molar-refractivity contribution in [1.82, 2.24) is 10.3 Å². The van der Waals surface area contributed by atoms with Crippen molar-refractivity contribution in [1.29, 1.82) is 0 Å². The third-order valence-corrected chi connectivity index (χ3v) is 4.58. The third-order valence-electron chi connectivity index (χ3n) is 4.33. The normalized spacial score (nSPS) is 16.1. The third kappa shape index (κ3) is 3.91. The second-order valence-electron chi connectivity index (χ2n) is 6.13. The zero-order chi connectivity index (χ0) is 18.0. The van der Waals surface area contributed by atoms with E-state index in [-0.39, 0.29) is 23.9 Å². The standard InChI is InChI=1S/C18H18ClN3O3/c19-11-6-4-10(5-7-11)8-16(23)21-14-2-1-3-15-12(14)9-13(17(20)24)18(25)22-15/h4-7,9,14H,1-3,8H2,(H2,20,24)(H,21,23)(H,22,25). The zero-order valence-corrected chi connectivity index (χ0v) is 14.2. The van der Waals surface area contributed by atoms with Crippen LogP contribution in [0.2, 0.25) is 5.02 Å². The second-order valence-corrected chi connectivity index (χ2v) is 6.56. The van der Waals surface area contributed by atoms with Crippen molar-refractivity contribution in [2.45, 2.75) is 31.7 Å². The fraction of sp³-hybridized carbons (Fsp3) is 0.278. The van der Waals surface area contributed by atoms with Crippen LogP contribution < -0.4 is 16.6 Å². The highest BCUT2D eigenvalue weighted by atomic mass is 35.5. The molecule has 130 valence electrons. The van der Waals surface area contributed by atoms with Gasteiger partial charge < -0.3 is 16.0 Å². The summed E-state index contributed by atoms with van der Waals surface area (Å²) in [5.41, 5.74) is 7.04. The molecule has 1 aliphatic rings. The van der Waals surface area contributed by atoms with Crippen LogP contribution in [-0.2, 0) is 17.6 Å². The molecule has 0 radical (unpaired) electrons. The number of H-pyrrole nitrogens is 1. The van der Waals surface area contributed by atoms with Crippen molar-refractivity contribution in [3.63, 3.8) is 0 Å². The summed E-state index contributed by atoms with van der Waals surface area (Å²) < 4.78 is 0. The summed E-state index contributed by atoms with van der Waals surface area (Å²) >= 11 is 5.85. The van der Waals surface area contributed by atoms with E-state index in [9.17, 15) is 14.4 Å². The Kier molecular flexibility index (Phi) is 4.90. The second kappa shape index (κ2) is 7.11. The first-order chi connectivity index (χ1) is 11.9. The minimum atomic E-state index is -0.777. The highest BCUT2D eigenvalue weighted by Gasteiger charge is 2.24. The van der Waals surface area contributed by atoms with Gasteiger partial charge in [0.2, 0.25) is 5.91 Å². The lowest BCUT2D eigenvalue weighted by molar-refractivity contribution is -0.121. The molecule has 3 rings (SSSR count). The van der Waals surface area contributed by atoms with Crippen LogP contribution in [0.1, 0.15) is 46.1 Å². The van der Waals surface area contributed by atoms with Crippen LogP contribution in [0.3, 0.4) is 0 Å². The highest BCUT2D eigenvalue weighted by molar-refractivity contribution is 6.30. The summed E-state index contributed by atoms with van der Waals surface area (Å²) in [6.45, 7) is 0. The molecule has 2 aromatic rings. The number of nitrogens with one attached hydrogen (secondary N) is 2. The number of nitrogens with two attached hydrogens (primary N) is 1. The molecule has 0 saturated carbocycles. The fourth-order valence-electron chi connectivity index (χ4n) is 3.11. The molecule has 4 N–H and O–H groups in total. The number of hydrogen-bond acceptors (Lipinski definition) is 3. The summed E-state index contributed by atoms with van der Waals surface area (Å²) in [5, 5.41) is 3.60. The van der Waals surface area contributed by atoms with E-state index in [1.807, 2.05) is 0 Å². The molecule has 1 heterocycles. The van der Waals surface area contributed by atoms with Gasteiger partial charge in [-0.05, 0) is 48.6 Å². The molecule has 0 aliphatic heterocycles. The first-order valence-electron chi connectivity index (χ1n) is 8.04. The molecule has 1 aromatic heterocycles. The van der Waals surface area contributed by atoms with Crippen molar-refractivity contribution in [3.8, 4) is 0 Å². The van der Waals surface area contributed by atoms with Gasteiger partial charge in [-0.1, -0.05) is 23.7 Å². The monoisotopic (exact) mass is 359 g/mol. The van der Waals surface area contributed by atoms with E-state index in [2.05, 4.69) is 10.3 Å². The summed E-state index contributed by atoms with van der Waals surface area (Å²) in [6, 6.07) is 8.34. The number of rotatable bonds is 4. The number of aryl methyl sites for hydroxylation is 1. The van der Waals surface area contributed by atoms with E-state index < -0.39 is 11.5 Å². The Morgan fingerprint density at radius 3 is 2.68 bits per heavy atom. The average molecular weight is 360 g/mol. The maximum Gasteiger partial charge on any atom is 0.261 e. The number of carbonyl (C=O) groups excluding carboxylic acids is 2. The minimum absolute atomic E-state index is 0.0856. The lowest BCUT2D eigenvalue weighted by atomic mass is 9.90. The Morgan fingerprint density at radius 1 is 1.28 bits per heavy atom. The smallest absolute Gasteiger partial charge is 0.261 e. The number of amides is 2. The Balaban J connectivity index is 1.79. The summed E-state index contributed by atoms with van der Waals surface area (Å²) in [5.74, 6) is -0.909. The van der Waals surface area contributed by atoms with Gasteiger partial charge in [-0.2, -0.15) is 0 Å². The maximum atomic E-state index is 12.4. The van der Waals surface area contributed by atoms with E-state index >= 15 is 0 Å². The number of hydrogen-bond donors (Lipinski definition) is 3. The first-order valence-corrected chi connectivity index (χ1v) is 8.41. The number of aromatic nitrogens is 1. The van der Waals surface area contributed by atoms with Crippen LogP contribution in [0, 0.1) is 0 Å². The molecular formula is C18H18ClN3O3. The summed E-state index contributed by atoms with van der Waals surface area (Å²) in [6.07, 6.45) is 2.51. The van der Waals surface area contributed by atoms with Gasteiger partial charge in [0.05, 0.1) is 12.5 Å². The minimum Gasteiger partial charge on any atom is -0.365 e. The molecule has 1 unspecified atom stereocenters. The molecule has 1 aliphatic carbocycles. The van der Waals surface area contributed by atoms with E-state index in [4.69, 9.17) is 17.3 Å². The van der Waals surface area contributed by atoms with Gasteiger partial charge >= 0.3 is 0 Å². The molecule has 1 atom stereocenters. The quantitative estimate of drug-likeness (QED) is 0.775. The maximum absolute atomic E-state index is 12.4. The Bertz CT molecular complexity index is 874. The number of halogens is 1. The molecule has 25 heavy (non-hydrogen) atoms. The lowest BCUT2D eigenvalue weighted by Crippen LogP contribution is -2.34. The summed E-state index contributed by atoms with van der Waals surface area (Å²) in [4.78, 5) is 38.4. The number of pyridine rings is 1. The van der Waals surface area contributed by atoms with Crippen LogP contribution in [0.5, 0.6) is 0 Å². The topological polar surface area (TPSA) is 105 Å². The van der Waals surface area contributed by atoms with Crippen LogP contribution >= 0.6 is 11.6 Å². The van der Waals surface area contributed by atoms with Crippen molar-refractivity contribution in [2.24, 2.45) is 5.73 Å². The molecule has 7 heteroatoms. The van der Waals surface area contributed by atoms with Gasteiger partial charge in [0, 0.05) is 10.7 Å². The Labute approximate surface area is 149 Å². The fourth-order valence-corrected chi connectivity index (χ4v) is 3.23. The van der Waals surface area contributed by atoms with E-state index in [1.165, 1.54) is 6.07 Å². The van der Waals surface area contributed by atoms with Gasteiger partial charge in [0.15, 0.2) is 0 Å². The van der Waals surface area contributed by atoms with Crippen LogP contribution in [0.15, 0.2) is 35.1 Å². The van der Waals surface area contributed by atoms with Gasteiger partial charge in [-0.25, -0.2) is 0 Å². The summed E-state index contributed by atoms with van der Waals surface area (Å²) in [7, 11) is 0. The molecule has 0 bridgehead atoms. The number of fused-ring (bicyclic) bond motifs is 1. The van der Waals surface area contributed by atoms with Crippen LogP contribution in [-0.4, -0.2) is 16.8 Å². The van der Waals surface area contributed by atoms with Crippen molar-refractivity contribution in [2.75, 3.05) is 0 Å². The van der Waals surface area contributed by atoms with E-state index in [0.29, 0.717) is 11.4 Å². The molecule has 0 spiro atoms. The Hall–Kier alpha value is -2.60. The van der Waals surface area contributed by atoms with Gasteiger partial charge in [-0.15, -0.1) is 0 Å². The molecule has 6 nitrogen and oxygen atoms in total. The number of aromatic amines is 1. The van der Waals surface area contributed by atoms with E-state index in [1.54, 1.807) is 24.3 Å².